The highest BCUT2D eigenvalue weighted by atomic mass is 32.1. The Morgan fingerprint density at radius 3 is 2.48 bits per heavy atom. The predicted molar refractivity (Wildman–Crippen MR) is 128 cm³/mol. The van der Waals surface area contributed by atoms with Crippen LogP contribution in [0.5, 0.6) is 0 Å². The van der Waals surface area contributed by atoms with Crippen molar-refractivity contribution in [2.75, 3.05) is 18.4 Å². The molecule has 5 nitrogen and oxygen atoms in total. The van der Waals surface area contributed by atoms with Crippen LogP contribution in [0.4, 0.5) is 9.52 Å². The number of aryl methyl sites for hydroxylation is 2. The maximum Gasteiger partial charge on any atom is 0.253 e. The summed E-state index contributed by atoms with van der Waals surface area (Å²) in [6.07, 6.45) is 5.98. The highest BCUT2D eigenvalue weighted by molar-refractivity contribution is 7.14. The summed E-state index contributed by atoms with van der Waals surface area (Å²) in [6.45, 7) is 1.01. The number of nitrogens with one attached hydrogen (secondary N) is 1. The van der Waals surface area contributed by atoms with Crippen LogP contribution >= 0.6 is 11.3 Å². The normalized spacial score (nSPS) is 16.3. The number of hydrogen-bond acceptors (Lipinski definition) is 4. The second kappa shape index (κ2) is 9.43. The summed E-state index contributed by atoms with van der Waals surface area (Å²) < 4.78 is 13.1. The van der Waals surface area contributed by atoms with Crippen molar-refractivity contribution >= 4 is 28.3 Å². The van der Waals surface area contributed by atoms with E-state index in [-0.39, 0.29) is 23.5 Å². The molecule has 1 N–H and O–H groups in total. The number of carbonyl (C=O) groups is 2. The number of thiazole rings is 1. The molecule has 0 unspecified atom stereocenters. The average molecular weight is 464 g/mol. The van der Waals surface area contributed by atoms with Crippen molar-refractivity contribution < 1.29 is 14.0 Å². The number of aromatic nitrogens is 1. The van der Waals surface area contributed by atoms with E-state index in [0.29, 0.717) is 36.6 Å². The van der Waals surface area contributed by atoms with Gasteiger partial charge in [0.25, 0.3) is 5.91 Å². The molecule has 1 fully saturated rings. The standard InChI is InChI=1S/C26H26FN3O2S/c27-22-9-7-19(8-10-22)25(32)30-13-11-18(12-14-30)24(31)29-26-28-23(16-33-26)21-6-5-17-3-1-2-4-20(17)15-21/h5-10,15-16,18H,1-4,11-14H2,(H,28,29,31). The summed E-state index contributed by atoms with van der Waals surface area (Å²) in [6, 6.07) is 12.2. The van der Waals surface area contributed by atoms with E-state index in [0.717, 1.165) is 24.1 Å². The molecule has 170 valence electrons. The number of hydrogen-bond donors (Lipinski definition) is 1. The fraction of sp³-hybridized carbons (Fsp3) is 0.346. The lowest BCUT2D eigenvalue weighted by Gasteiger charge is -2.31. The van der Waals surface area contributed by atoms with Gasteiger partial charge < -0.3 is 10.2 Å². The van der Waals surface area contributed by atoms with E-state index < -0.39 is 0 Å². The molecule has 1 saturated heterocycles. The minimum absolute atomic E-state index is 0.0461. The third-order valence-electron chi connectivity index (χ3n) is 6.62. The summed E-state index contributed by atoms with van der Waals surface area (Å²) in [5.41, 5.74) is 5.32. The van der Waals surface area contributed by atoms with Gasteiger partial charge in [-0.3, -0.25) is 9.59 Å². The summed E-state index contributed by atoms with van der Waals surface area (Å²) in [5, 5.41) is 5.57. The average Bonchev–Trinajstić information content (AvgIpc) is 3.32. The topological polar surface area (TPSA) is 62.3 Å². The van der Waals surface area contributed by atoms with E-state index in [1.54, 1.807) is 4.90 Å². The zero-order valence-electron chi connectivity index (χ0n) is 18.4. The molecule has 2 amide bonds. The number of fused-ring (bicyclic) bond motifs is 1. The van der Waals surface area contributed by atoms with Gasteiger partial charge in [0, 0.05) is 35.5 Å². The zero-order chi connectivity index (χ0) is 22.8. The monoisotopic (exact) mass is 463 g/mol. The number of carbonyl (C=O) groups excluding carboxylic acids is 2. The fourth-order valence-corrected chi connectivity index (χ4v) is 5.41. The Bertz CT molecular complexity index is 1170. The molecule has 0 saturated carbocycles. The summed E-state index contributed by atoms with van der Waals surface area (Å²) in [5.74, 6) is -0.684. The van der Waals surface area contributed by atoms with Crippen LogP contribution in [0.1, 0.15) is 47.2 Å². The summed E-state index contributed by atoms with van der Waals surface area (Å²) >= 11 is 1.44. The Labute approximate surface area is 196 Å². The number of benzene rings is 2. The Balaban J connectivity index is 1.17. The van der Waals surface area contributed by atoms with Gasteiger partial charge in [0.1, 0.15) is 5.82 Å². The molecule has 1 aromatic heterocycles. The van der Waals surface area contributed by atoms with Crippen molar-refractivity contribution in [2.24, 2.45) is 5.92 Å². The van der Waals surface area contributed by atoms with Crippen LogP contribution in [0.3, 0.4) is 0 Å². The minimum atomic E-state index is -0.362. The SMILES string of the molecule is O=C(Nc1nc(-c2ccc3c(c2)CCCC3)cs1)C1CCN(C(=O)c2ccc(F)cc2)CC1. The van der Waals surface area contributed by atoms with E-state index in [9.17, 15) is 14.0 Å². The first-order chi connectivity index (χ1) is 16.1. The van der Waals surface area contributed by atoms with Gasteiger partial charge >= 0.3 is 0 Å². The zero-order valence-corrected chi connectivity index (χ0v) is 19.2. The maximum absolute atomic E-state index is 13.1. The molecule has 0 bridgehead atoms. The number of amides is 2. The van der Waals surface area contributed by atoms with E-state index >= 15 is 0 Å². The lowest BCUT2D eigenvalue weighted by Crippen LogP contribution is -2.41. The molecular weight excluding hydrogens is 437 g/mol. The fourth-order valence-electron chi connectivity index (χ4n) is 4.68. The van der Waals surface area contributed by atoms with E-state index in [1.165, 1.54) is 59.6 Å². The number of piperidine rings is 1. The number of rotatable bonds is 4. The van der Waals surface area contributed by atoms with Crippen LogP contribution in [0.2, 0.25) is 0 Å². The van der Waals surface area contributed by atoms with Crippen molar-refractivity contribution in [3.8, 4) is 11.3 Å². The van der Waals surface area contributed by atoms with Gasteiger partial charge in [-0.05, 0) is 80.0 Å². The molecule has 1 aliphatic heterocycles. The van der Waals surface area contributed by atoms with Crippen molar-refractivity contribution in [3.05, 3.63) is 70.4 Å². The van der Waals surface area contributed by atoms with Gasteiger partial charge in [-0.15, -0.1) is 11.3 Å². The molecule has 0 radical (unpaired) electrons. The molecule has 2 heterocycles. The number of halogens is 1. The lowest BCUT2D eigenvalue weighted by molar-refractivity contribution is -0.121. The Morgan fingerprint density at radius 1 is 1.00 bits per heavy atom. The highest BCUT2D eigenvalue weighted by Gasteiger charge is 2.28. The van der Waals surface area contributed by atoms with Gasteiger partial charge in [-0.2, -0.15) is 0 Å². The van der Waals surface area contributed by atoms with Crippen LogP contribution in [0.25, 0.3) is 11.3 Å². The highest BCUT2D eigenvalue weighted by Crippen LogP contribution is 2.30. The Morgan fingerprint density at radius 2 is 1.73 bits per heavy atom. The van der Waals surface area contributed by atoms with Crippen LogP contribution in [-0.2, 0) is 17.6 Å². The third kappa shape index (κ3) is 4.83. The summed E-state index contributed by atoms with van der Waals surface area (Å²) in [4.78, 5) is 31.8. The molecule has 2 aliphatic rings. The van der Waals surface area contributed by atoms with Gasteiger partial charge in [-0.25, -0.2) is 9.37 Å². The maximum atomic E-state index is 13.1. The predicted octanol–water partition coefficient (Wildman–Crippen LogP) is 5.32. The molecule has 0 spiro atoms. The van der Waals surface area contributed by atoms with Crippen molar-refractivity contribution in [1.29, 1.82) is 0 Å². The van der Waals surface area contributed by atoms with Crippen LogP contribution in [-0.4, -0.2) is 34.8 Å². The lowest BCUT2D eigenvalue weighted by atomic mass is 9.90. The number of likely N-dealkylation sites (tertiary alicyclic amines) is 1. The first-order valence-electron chi connectivity index (χ1n) is 11.5. The first-order valence-corrected chi connectivity index (χ1v) is 12.4. The van der Waals surface area contributed by atoms with Crippen LogP contribution in [0.15, 0.2) is 47.8 Å². The molecule has 33 heavy (non-hydrogen) atoms. The number of anilines is 1. The minimum Gasteiger partial charge on any atom is -0.339 e. The van der Waals surface area contributed by atoms with Gasteiger partial charge in [-0.1, -0.05) is 12.1 Å². The molecule has 3 aromatic rings. The molecule has 5 rings (SSSR count). The quantitative estimate of drug-likeness (QED) is 0.570. The molecule has 1 aliphatic carbocycles. The molecular formula is C26H26FN3O2S. The smallest absolute Gasteiger partial charge is 0.253 e. The van der Waals surface area contributed by atoms with Gasteiger partial charge in [0.2, 0.25) is 5.91 Å². The van der Waals surface area contributed by atoms with Crippen molar-refractivity contribution in [1.82, 2.24) is 9.88 Å². The third-order valence-corrected chi connectivity index (χ3v) is 7.38. The first kappa shape index (κ1) is 21.8. The van der Waals surface area contributed by atoms with E-state index in [1.807, 2.05) is 5.38 Å². The second-order valence-electron chi connectivity index (χ2n) is 8.79. The van der Waals surface area contributed by atoms with E-state index in [2.05, 4.69) is 28.5 Å². The van der Waals surface area contributed by atoms with Crippen LogP contribution in [0, 0.1) is 11.7 Å². The van der Waals surface area contributed by atoms with Gasteiger partial charge in [0.15, 0.2) is 5.13 Å². The number of nitrogens with zero attached hydrogens (tertiary/aromatic N) is 2. The van der Waals surface area contributed by atoms with Crippen molar-refractivity contribution in [3.63, 3.8) is 0 Å². The molecule has 0 atom stereocenters. The molecule has 7 heteroatoms. The molecule has 2 aromatic carbocycles. The van der Waals surface area contributed by atoms with Crippen molar-refractivity contribution in [2.45, 2.75) is 38.5 Å². The van der Waals surface area contributed by atoms with E-state index in [4.69, 9.17) is 0 Å². The van der Waals surface area contributed by atoms with Gasteiger partial charge in [0.05, 0.1) is 5.69 Å². The van der Waals surface area contributed by atoms with Crippen LogP contribution < -0.4 is 5.32 Å². The second-order valence-corrected chi connectivity index (χ2v) is 9.65. The largest absolute Gasteiger partial charge is 0.339 e. The Hall–Kier alpha value is -3.06. The Kier molecular flexibility index (Phi) is 6.22. The summed E-state index contributed by atoms with van der Waals surface area (Å²) in [7, 11) is 0.